The first-order chi connectivity index (χ1) is 8.59. The van der Waals surface area contributed by atoms with Crippen LogP contribution in [0, 0.1) is 0 Å². The van der Waals surface area contributed by atoms with Crippen molar-refractivity contribution in [2.24, 2.45) is 0 Å². The molecule has 1 saturated heterocycles. The summed E-state index contributed by atoms with van der Waals surface area (Å²) in [6.07, 6.45) is 1.49. The summed E-state index contributed by atoms with van der Waals surface area (Å²) >= 11 is 0. The molecule has 1 aromatic rings. The zero-order valence-corrected chi connectivity index (χ0v) is 9.65. The Morgan fingerprint density at radius 3 is 2.67 bits per heavy atom. The first kappa shape index (κ1) is 10.8. The molecule has 0 saturated carbocycles. The highest BCUT2D eigenvalue weighted by Gasteiger charge is 2.45. The smallest absolute Gasteiger partial charge is 0.322 e. The number of hydrogen-bond donors (Lipinski definition) is 2. The fourth-order valence-corrected chi connectivity index (χ4v) is 1.95. The van der Waals surface area contributed by atoms with Gasteiger partial charge in [0.25, 0.3) is 5.91 Å². The maximum absolute atomic E-state index is 11.8. The van der Waals surface area contributed by atoms with Gasteiger partial charge in [-0.1, -0.05) is 0 Å². The zero-order chi connectivity index (χ0) is 12.8. The van der Waals surface area contributed by atoms with Crippen LogP contribution < -0.4 is 20.1 Å². The molecule has 2 aliphatic heterocycles. The second kappa shape index (κ2) is 3.59. The SMILES string of the molecule is CC1(c2cc3c(cn2)OCCO3)NC(=O)NC1=O. The summed E-state index contributed by atoms with van der Waals surface area (Å²) in [7, 11) is 0. The number of ether oxygens (including phenoxy) is 2. The molecule has 1 fully saturated rings. The molecule has 1 atom stereocenters. The standard InChI is InChI=1S/C11H11N3O4/c1-11(9(15)13-10(16)14-11)8-4-6-7(5-12-8)18-3-2-17-6/h4-5H,2-3H2,1H3,(H2,13,14,15,16). The van der Waals surface area contributed by atoms with Crippen molar-refractivity contribution in [1.82, 2.24) is 15.6 Å². The lowest BCUT2D eigenvalue weighted by Crippen LogP contribution is -2.41. The normalized spacial score (nSPS) is 25.6. The topological polar surface area (TPSA) is 89.6 Å². The number of nitrogens with zero attached hydrogens (tertiary/aromatic N) is 1. The summed E-state index contributed by atoms with van der Waals surface area (Å²) in [6.45, 7) is 2.51. The van der Waals surface area contributed by atoms with E-state index in [2.05, 4.69) is 15.6 Å². The van der Waals surface area contributed by atoms with Gasteiger partial charge < -0.3 is 14.8 Å². The molecule has 0 aliphatic carbocycles. The molecule has 0 radical (unpaired) electrons. The fraction of sp³-hybridized carbons (Fsp3) is 0.364. The van der Waals surface area contributed by atoms with E-state index in [1.807, 2.05) is 0 Å². The number of aromatic nitrogens is 1. The molecule has 1 unspecified atom stereocenters. The van der Waals surface area contributed by atoms with Crippen LogP contribution in [-0.2, 0) is 10.3 Å². The summed E-state index contributed by atoms with van der Waals surface area (Å²) in [4.78, 5) is 27.1. The zero-order valence-electron chi connectivity index (χ0n) is 9.65. The Morgan fingerprint density at radius 1 is 1.28 bits per heavy atom. The van der Waals surface area contributed by atoms with E-state index in [1.54, 1.807) is 13.0 Å². The van der Waals surface area contributed by atoms with Gasteiger partial charge in [-0.3, -0.25) is 15.1 Å². The van der Waals surface area contributed by atoms with E-state index in [0.717, 1.165) is 0 Å². The molecule has 2 N–H and O–H groups in total. The summed E-state index contributed by atoms with van der Waals surface area (Å²) in [5, 5.41) is 4.73. The largest absolute Gasteiger partial charge is 0.486 e. The Kier molecular flexibility index (Phi) is 2.16. The molecular formula is C11H11N3O4. The quantitative estimate of drug-likeness (QED) is 0.679. The van der Waals surface area contributed by atoms with Gasteiger partial charge in [-0.15, -0.1) is 0 Å². The lowest BCUT2D eigenvalue weighted by Gasteiger charge is -2.23. The van der Waals surface area contributed by atoms with Gasteiger partial charge in [0.05, 0.1) is 11.9 Å². The number of pyridine rings is 1. The van der Waals surface area contributed by atoms with Gasteiger partial charge in [-0.05, 0) is 6.92 Å². The third kappa shape index (κ3) is 1.47. The van der Waals surface area contributed by atoms with Gasteiger partial charge in [0.15, 0.2) is 17.0 Å². The average Bonchev–Trinajstić information content (AvgIpc) is 2.63. The third-order valence-electron chi connectivity index (χ3n) is 2.99. The third-order valence-corrected chi connectivity index (χ3v) is 2.99. The average molecular weight is 249 g/mol. The van der Waals surface area contributed by atoms with E-state index in [0.29, 0.717) is 30.4 Å². The molecule has 7 heteroatoms. The lowest BCUT2D eigenvalue weighted by molar-refractivity contribution is -0.123. The van der Waals surface area contributed by atoms with Gasteiger partial charge in [0.1, 0.15) is 13.2 Å². The van der Waals surface area contributed by atoms with Crippen LogP contribution >= 0.6 is 0 Å². The van der Waals surface area contributed by atoms with Crippen LogP contribution in [0.25, 0.3) is 0 Å². The van der Waals surface area contributed by atoms with E-state index in [4.69, 9.17) is 9.47 Å². The number of fused-ring (bicyclic) bond motifs is 1. The van der Waals surface area contributed by atoms with Gasteiger partial charge in [0.2, 0.25) is 0 Å². The van der Waals surface area contributed by atoms with Crippen molar-refractivity contribution in [3.05, 3.63) is 18.0 Å². The number of rotatable bonds is 1. The Hall–Kier alpha value is -2.31. The lowest BCUT2D eigenvalue weighted by atomic mass is 9.97. The molecule has 7 nitrogen and oxygen atoms in total. The van der Waals surface area contributed by atoms with Gasteiger partial charge in [0, 0.05) is 6.07 Å². The molecule has 2 aliphatic rings. The minimum atomic E-state index is -1.17. The molecule has 3 amide bonds. The number of urea groups is 1. The minimum Gasteiger partial charge on any atom is -0.486 e. The highest BCUT2D eigenvalue weighted by molar-refractivity contribution is 6.06. The number of carbonyl (C=O) groups is 2. The summed E-state index contributed by atoms with van der Waals surface area (Å²) in [5.41, 5.74) is -0.762. The highest BCUT2D eigenvalue weighted by Crippen LogP contribution is 2.33. The molecule has 18 heavy (non-hydrogen) atoms. The van der Waals surface area contributed by atoms with Crippen molar-refractivity contribution in [2.45, 2.75) is 12.5 Å². The number of carbonyl (C=O) groups excluding carboxylic acids is 2. The summed E-state index contributed by atoms with van der Waals surface area (Å²) < 4.78 is 10.8. The molecule has 0 spiro atoms. The minimum absolute atomic E-state index is 0.412. The van der Waals surface area contributed by atoms with E-state index < -0.39 is 17.5 Å². The van der Waals surface area contributed by atoms with Crippen molar-refractivity contribution in [3.63, 3.8) is 0 Å². The predicted molar refractivity (Wildman–Crippen MR) is 59.3 cm³/mol. The summed E-state index contributed by atoms with van der Waals surface area (Å²) in [5.74, 6) is 0.636. The van der Waals surface area contributed by atoms with E-state index in [9.17, 15) is 9.59 Å². The van der Waals surface area contributed by atoms with Crippen molar-refractivity contribution in [3.8, 4) is 11.5 Å². The van der Waals surface area contributed by atoms with Crippen molar-refractivity contribution in [1.29, 1.82) is 0 Å². The first-order valence-corrected chi connectivity index (χ1v) is 5.49. The fourth-order valence-electron chi connectivity index (χ4n) is 1.95. The maximum Gasteiger partial charge on any atom is 0.322 e. The molecular weight excluding hydrogens is 238 g/mol. The van der Waals surface area contributed by atoms with Gasteiger partial charge >= 0.3 is 6.03 Å². The van der Waals surface area contributed by atoms with Crippen LogP contribution in [-0.4, -0.2) is 30.1 Å². The van der Waals surface area contributed by atoms with E-state index in [-0.39, 0.29) is 0 Å². The highest BCUT2D eigenvalue weighted by atomic mass is 16.6. The summed E-state index contributed by atoms with van der Waals surface area (Å²) in [6, 6.07) is 1.08. The monoisotopic (exact) mass is 249 g/mol. The Morgan fingerprint density at radius 2 is 2.00 bits per heavy atom. The van der Waals surface area contributed by atoms with Crippen molar-refractivity contribution in [2.75, 3.05) is 13.2 Å². The van der Waals surface area contributed by atoms with Crippen LogP contribution in [0.4, 0.5) is 4.79 Å². The van der Waals surface area contributed by atoms with Crippen molar-refractivity contribution >= 4 is 11.9 Å². The Balaban J connectivity index is 2.02. The predicted octanol–water partition coefficient (Wildman–Crippen LogP) is -0.0926. The van der Waals surface area contributed by atoms with Crippen molar-refractivity contribution < 1.29 is 19.1 Å². The van der Waals surface area contributed by atoms with E-state index in [1.165, 1.54) is 6.20 Å². The Labute approximate surface area is 102 Å². The number of hydrogen-bond acceptors (Lipinski definition) is 5. The number of nitrogens with one attached hydrogen (secondary N) is 2. The first-order valence-electron chi connectivity index (χ1n) is 5.49. The maximum atomic E-state index is 11.8. The van der Waals surface area contributed by atoms with Gasteiger partial charge in [-0.2, -0.15) is 0 Å². The number of imide groups is 1. The molecule has 3 rings (SSSR count). The van der Waals surface area contributed by atoms with Crippen LogP contribution in [0.2, 0.25) is 0 Å². The molecule has 3 heterocycles. The molecule has 94 valence electrons. The Bertz CT molecular complexity index is 545. The number of amides is 3. The van der Waals surface area contributed by atoms with Crippen LogP contribution in [0.15, 0.2) is 12.3 Å². The van der Waals surface area contributed by atoms with Crippen LogP contribution in [0.3, 0.4) is 0 Å². The van der Waals surface area contributed by atoms with Crippen LogP contribution in [0.1, 0.15) is 12.6 Å². The van der Waals surface area contributed by atoms with Gasteiger partial charge in [-0.25, -0.2) is 4.79 Å². The van der Waals surface area contributed by atoms with E-state index >= 15 is 0 Å². The molecule has 0 aromatic carbocycles. The second-order valence-electron chi connectivity index (χ2n) is 4.25. The van der Waals surface area contributed by atoms with Crippen LogP contribution in [0.5, 0.6) is 11.5 Å². The second-order valence-corrected chi connectivity index (χ2v) is 4.25. The molecule has 1 aromatic heterocycles. The molecule has 0 bridgehead atoms.